The Kier molecular flexibility index (Phi) is 6.00. The average Bonchev–Trinajstić information content (AvgIpc) is 3.23. The van der Waals surface area contributed by atoms with E-state index in [1.165, 1.54) is 13.2 Å². The Morgan fingerprint density at radius 1 is 0.944 bits per heavy atom. The number of phenolic OH excluding ortho intramolecular Hbond substituents is 1. The molecule has 2 amide bonds. The lowest BCUT2D eigenvalue weighted by molar-refractivity contribution is -0.115. The Hall–Kier alpha value is -4.85. The van der Waals surface area contributed by atoms with Crippen LogP contribution < -0.4 is 15.5 Å². The third-order valence-corrected chi connectivity index (χ3v) is 5.85. The van der Waals surface area contributed by atoms with Crippen molar-refractivity contribution < 1.29 is 23.8 Å². The predicted octanol–water partition coefficient (Wildman–Crippen LogP) is 5.59. The van der Waals surface area contributed by atoms with E-state index in [2.05, 4.69) is 15.8 Å². The number of hydrogen-bond acceptors (Lipinski definition) is 6. The van der Waals surface area contributed by atoms with Crippen molar-refractivity contribution in [3.8, 4) is 11.5 Å². The van der Waals surface area contributed by atoms with E-state index in [4.69, 9.17) is 9.15 Å². The van der Waals surface area contributed by atoms with Gasteiger partial charge in [-0.3, -0.25) is 9.59 Å². The molecule has 0 fully saturated rings. The van der Waals surface area contributed by atoms with Crippen molar-refractivity contribution in [2.45, 2.75) is 13.3 Å². The van der Waals surface area contributed by atoms with Crippen molar-refractivity contribution in [2.24, 2.45) is 5.10 Å². The van der Waals surface area contributed by atoms with Crippen molar-refractivity contribution in [3.05, 3.63) is 78.4 Å². The minimum Gasteiger partial charge on any atom is -0.507 e. The molecule has 5 aromatic rings. The number of ether oxygens (including phenoxy) is 1. The maximum absolute atomic E-state index is 12.7. The summed E-state index contributed by atoms with van der Waals surface area (Å²) in [6.45, 7) is 1.62. The summed E-state index contributed by atoms with van der Waals surface area (Å²) in [6, 6.07) is 21.7. The van der Waals surface area contributed by atoms with E-state index in [-0.39, 0.29) is 23.6 Å². The zero-order chi connectivity index (χ0) is 25.2. The van der Waals surface area contributed by atoms with Gasteiger partial charge < -0.3 is 19.6 Å². The number of benzene rings is 4. The second kappa shape index (κ2) is 9.42. The summed E-state index contributed by atoms with van der Waals surface area (Å²) in [5.74, 6) is -0.565. The van der Waals surface area contributed by atoms with E-state index in [1.807, 2.05) is 54.6 Å². The second-order valence-electron chi connectivity index (χ2n) is 8.38. The van der Waals surface area contributed by atoms with Gasteiger partial charge in [0.15, 0.2) is 0 Å². The molecule has 0 aliphatic carbocycles. The molecule has 0 unspecified atom stereocenters. The number of fused-ring (bicyclic) bond motifs is 4. The molecule has 0 spiro atoms. The van der Waals surface area contributed by atoms with E-state index >= 15 is 0 Å². The molecule has 0 atom stereocenters. The summed E-state index contributed by atoms with van der Waals surface area (Å²) < 4.78 is 11.4. The molecule has 0 aliphatic rings. The summed E-state index contributed by atoms with van der Waals surface area (Å²) in [4.78, 5) is 25.3. The van der Waals surface area contributed by atoms with Crippen molar-refractivity contribution in [2.75, 3.05) is 12.4 Å². The summed E-state index contributed by atoms with van der Waals surface area (Å²) in [7, 11) is 1.53. The number of rotatable bonds is 6. The average molecular weight is 482 g/mol. The number of nitrogens with zero attached hydrogens (tertiary/aromatic N) is 1. The highest BCUT2D eigenvalue weighted by molar-refractivity contribution is 6.10. The van der Waals surface area contributed by atoms with Crippen LogP contribution >= 0.6 is 0 Å². The van der Waals surface area contributed by atoms with Crippen LogP contribution in [0.15, 0.2) is 82.3 Å². The number of hydrazone groups is 1. The highest BCUT2D eigenvalue weighted by Gasteiger charge is 2.16. The van der Waals surface area contributed by atoms with Gasteiger partial charge in [-0.1, -0.05) is 42.5 Å². The predicted molar refractivity (Wildman–Crippen MR) is 140 cm³/mol. The van der Waals surface area contributed by atoms with Crippen LogP contribution in [0.4, 0.5) is 5.69 Å². The number of carbonyl (C=O) groups excluding carboxylic acids is 2. The first-order valence-electron chi connectivity index (χ1n) is 11.3. The molecule has 36 heavy (non-hydrogen) atoms. The fourth-order valence-corrected chi connectivity index (χ4v) is 4.10. The smallest absolute Gasteiger partial charge is 0.275 e. The first kappa shape index (κ1) is 22.9. The molecule has 3 N–H and O–H groups in total. The molecule has 0 bridgehead atoms. The Balaban J connectivity index is 1.29. The molecule has 180 valence electrons. The second-order valence-corrected chi connectivity index (χ2v) is 8.38. The van der Waals surface area contributed by atoms with Gasteiger partial charge in [-0.05, 0) is 42.0 Å². The van der Waals surface area contributed by atoms with E-state index in [0.717, 1.165) is 27.1 Å². The van der Waals surface area contributed by atoms with Gasteiger partial charge in [0.2, 0.25) is 5.91 Å². The number of carbonyl (C=O) groups is 2. The van der Waals surface area contributed by atoms with Gasteiger partial charge in [0.25, 0.3) is 5.91 Å². The Bertz CT molecular complexity index is 1670. The number of para-hydroxylation sites is 1. The van der Waals surface area contributed by atoms with Gasteiger partial charge in [0.1, 0.15) is 22.7 Å². The first-order valence-corrected chi connectivity index (χ1v) is 11.3. The topological polar surface area (TPSA) is 113 Å². The van der Waals surface area contributed by atoms with Gasteiger partial charge in [0.05, 0.1) is 24.8 Å². The Morgan fingerprint density at radius 2 is 1.67 bits per heavy atom. The van der Waals surface area contributed by atoms with Crippen molar-refractivity contribution >= 4 is 55.9 Å². The van der Waals surface area contributed by atoms with Crippen LogP contribution in [0, 0.1) is 0 Å². The van der Waals surface area contributed by atoms with Gasteiger partial charge in [-0.15, -0.1) is 0 Å². The molecule has 0 saturated carbocycles. The number of anilines is 1. The summed E-state index contributed by atoms with van der Waals surface area (Å²) in [6.07, 6.45) is -0.0642. The van der Waals surface area contributed by atoms with E-state index in [0.29, 0.717) is 22.7 Å². The lowest BCUT2D eigenvalue weighted by Crippen LogP contribution is -2.21. The normalized spacial score (nSPS) is 11.7. The highest BCUT2D eigenvalue weighted by atomic mass is 16.5. The summed E-state index contributed by atoms with van der Waals surface area (Å²) >= 11 is 0. The van der Waals surface area contributed by atoms with Crippen LogP contribution in [0.2, 0.25) is 0 Å². The van der Waals surface area contributed by atoms with E-state index in [1.54, 1.807) is 19.1 Å². The van der Waals surface area contributed by atoms with Crippen molar-refractivity contribution in [1.82, 2.24) is 5.43 Å². The van der Waals surface area contributed by atoms with Crippen LogP contribution in [-0.4, -0.2) is 29.7 Å². The third kappa shape index (κ3) is 4.44. The van der Waals surface area contributed by atoms with Crippen molar-refractivity contribution in [3.63, 3.8) is 0 Å². The fourth-order valence-electron chi connectivity index (χ4n) is 4.10. The van der Waals surface area contributed by atoms with Crippen LogP contribution in [0.1, 0.15) is 23.7 Å². The van der Waals surface area contributed by atoms with Crippen molar-refractivity contribution in [1.29, 1.82) is 0 Å². The molecule has 1 aromatic heterocycles. The van der Waals surface area contributed by atoms with Crippen LogP contribution in [0.5, 0.6) is 11.5 Å². The maximum Gasteiger partial charge on any atom is 0.275 e. The largest absolute Gasteiger partial charge is 0.507 e. The van der Waals surface area contributed by atoms with Crippen LogP contribution in [0.25, 0.3) is 32.7 Å². The molecule has 1 heterocycles. The zero-order valence-electron chi connectivity index (χ0n) is 19.7. The first-order chi connectivity index (χ1) is 17.4. The zero-order valence-corrected chi connectivity index (χ0v) is 19.7. The van der Waals surface area contributed by atoms with E-state index in [9.17, 15) is 14.7 Å². The van der Waals surface area contributed by atoms with Gasteiger partial charge in [0, 0.05) is 22.6 Å². The van der Waals surface area contributed by atoms with Gasteiger partial charge in [-0.2, -0.15) is 5.10 Å². The summed E-state index contributed by atoms with van der Waals surface area (Å²) in [5.41, 5.74) is 4.71. The number of nitrogens with one attached hydrogen (secondary N) is 2. The number of hydrogen-bond donors (Lipinski definition) is 3. The van der Waals surface area contributed by atoms with Gasteiger partial charge >= 0.3 is 0 Å². The van der Waals surface area contributed by atoms with Crippen LogP contribution in [0.3, 0.4) is 0 Å². The lowest BCUT2D eigenvalue weighted by atomic mass is 10.1. The highest BCUT2D eigenvalue weighted by Crippen LogP contribution is 2.36. The number of amides is 2. The molecule has 8 nitrogen and oxygen atoms in total. The molecular weight excluding hydrogens is 458 g/mol. The molecular formula is C28H23N3O5. The quantitative estimate of drug-likeness (QED) is 0.216. The van der Waals surface area contributed by atoms with E-state index < -0.39 is 5.91 Å². The van der Waals surface area contributed by atoms with Gasteiger partial charge in [-0.25, -0.2) is 5.43 Å². The number of furan rings is 1. The maximum atomic E-state index is 12.7. The van der Waals surface area contributed by atoms with Crippen LogP contribution in [-0.2, 0) is 4.79 Å². The number of phenols is 1. The number of methoxy groups -OCH3 is 1. The SMILES string of the molecule is COc1cc2c(cc1NC(=O)C/C(C)=N/NC(=O)c1cc3ccccc3cc1O)oc1ccccc12. The molecule has 4 aromatic carbocycles. The Labute approximate surface area is 206 Å². The molecule has 0 saturated heterocycles. The molecule has 5 rings (SSSR count). The number of aromatic hydroxyl groups is 1. The standard InChI is InChI=1S/C28H23N3O5/c1-16(30-31-28(34)21-12-17-7-3-4-8-18(17)13-23(21)32)11-27(33)29-22-15-25-20(14-26(22)35-2)19-9-5-6-10-24(19)36-25/h3-10,12-15,32H,11H2,1-2H3,(H,29,33)(H,31,34)/b30-16+. The Morgan fingerprint density at radius 3 is 2.44 bits per heavy atom. The molecule has 8 heteroatoms. The molecule has 0 aliphatic heterocycles. The minimum absolute atomic E-state index is 0.0642. The minimum atomic E-state index is -0.574. The lowest BCUT2D eigenvalue weighted by Gasteiger charge is -2.10. The summed E-state index contributed by atoms with van der Waals surface area (Å²) in [5, 5.41) is 20.6. The monoisotopic (exact) mass is 481 g/mol. The molecule has 0 radical (unpaired) electrons. The fraction of sp³-hybridized carbons (Fsp3) is 0.107. The third-order valence-electron chi connectivity index (χ3n) is 5.85.